The number of rotatable bonds is 9. The molecule has 0 bridgehead atoms. The minimum absolute atomic E-state index is 0.0646. The minimum Gasteiger partial charge on any atom is -0.469 e. The highest BCUT2D eigenvalue weighted by Gasteiger charge is 2.19. The maximum absolute atomic E-state index is 12.1. The Morgan fingerprint density at radius 1 is 1.12 bits per heavy atom. The van der Waals surface area contributed by atoms with Gasteiger partial charge in [-0.3, -0.25) is 4.79 Å². The van der Waals surface area contributed by atoms with E-state index in [1.807, 2.05) is 36.4 Å². The number of carbonyl (C=O) groups excluding carboxylic acids is 1. The number of nitrogens with one attached hydrogen (secondary N) is 2. The summed E-state index contributed by atoms with van der Waals surface area (Å²) in [6.45, 7) is 0.427. The van der Waals surface area contributed by atoms with Gasteiger partial charge in [0.15, 0.2) is 0 Å². The molecule has 2 N–H and O–H groups in total. The molecule has 130 valence electrons. The molecule has 2 aromatic rings. The molecule has 0 radical (unpaired) electrons. The number of hydrogen-bond donors (Lipinski definition) is 2. The molecule has 1 amide bonds. The van der Waals surface area contributed by atoms with Crippen molar-refractivity contribution in [2.24, 2.45) is 0 Å². The van der Waals surface area contributed by atoms with Gasteiger partial charge in [0.05, 0.1) is 12.5 Å². The van der Waals surface area contributed by atoms with Gasteiger partial charge in [-0.05, 0) is 24.1 Å². The Hall–Kier alpha value is -2.12. The molecule has 0 aliphatic rings. The highest BCUT2D eigenvalue weighted by atomic mass is 32.2. The van der Waals surface area contributed by atoms with Crippen LogP contribution in [0.4, 0.5) is 0 Å². The molecular weight excluding hydrogens is 328 g/mol. The molecule has 6 nitrogen and oxygen atoms in total. The minimum atomic E-state index is -3.24. The summed E-state index contributed by atoms with van der Waals surface area (Å²) < 4.78 is 29.8. The first-order valence-electron chi connectivity index (χ1n) is 7.73. The standard InChI is InChI=1S/C17H22N2O4S/c1-24(21,22)19-10-9-18-17(20)13-15(16-8-5-11-23-16)12-14-6-3-2-4-7-14/h2-8,11,15,19H,9-10,12-13H2,1H3,(H,18,20). The molecule has 0 aliphatic heterocycles. The van der Waals surface area contributed by atoms with E-state index in [2.05, 4.69) is 10.0 Å². The zero-order valence-electron chi connectivity index (χ0n) is 13.6. The van der Waals surface area contributed by atoms with Crippen LogP contribution in [0, 0.1) is 0 Å². The van der Waals surface area contributed by atoms with E-state index in [0.29, 0.717) is 6.42 Å². The first-order chi connectivity index (χ1) is 11.4. The predicted molar refractivity (Wildman–Crippen MR) is 92.1 cm³/mol. The van der Waals surface area contributed by atoms with Crippen molar-refractivity contribution in [3.05, 3.63) is 60.1 Å². The number of benzene rings is 1. The maximum atomic E-state index is 12.1. The Kier molecular flexibility index (Phi) is 6.57. The quantitative estimate of drug-likeness (QED) is 0.673. The normalized spacial score (nSPS) is 12.7. The molecule has 7 heteroatoms. The molecule has 1 unspecified atom stereocenters. The molecular formula is C17H22N2O4S. The number of sulfonamides is 1. The summed E-state index contributed by atoms with van der Waals surface area (Å²) in [6.07, 6.45) is 3.66. The lowest BCUT2D eigenvalue weighted by molar-refractivity contribution is -0.121. The van der Waals surface area contributed by atoms with Crippen LogP contribution >= 0.6 is 0 Å². The molecule has 0 aliphatic carbocycles. The van der Waals surface area contributed by atoms with Crippen LogP contribution in [-0.4, -0.2) is 33.7 Å². The average molecular weight is 350 g/mol. The van der Waals surface area contributed by atoms with E-state index in [1.54, 1.807) is 12.3 Å². The second kappa shape index (κ2) is 8.65. The zero-order valence-corrected chi connectivity index (χ0v) is 14.4. The molecule has 1 aromatic heterocycles. The topological polar surface area (TPSA) is 88.4 Å². The summed E-state index contributed by atoms with van der Waals surface area (Å²) in [5.74, 6) is 0.566. The van der Waals surface area contributed by atoms with Crippen molar-refractivity contribution >= 4 is 15.9 Å². The van der Waals surface area contributed by atoms with Gasteiger partial charge in [0.25, 0.3) is 0 Å². The van der Waals surface area contributed by atoms with Gasteiger partial charge in [-0.2, -0.15) is 0 Å². The lowest BCUT2D eigenvalue weighted by Crippen LogP contribution is -2.34. The summed E-state index contributed by atoms with van der Waals surface area (Å²) in [5.41, 5.74) is 1.13. The summed E-state index contributed by atoms with van der Waals surface area (Å²) in [4.78, 5) is 12.1. The monoisotopic (exact) mass is 350 g/mol. The van der Waals surface area contributed by atoms with Crippen molar-refractivity contribution in [1.29, 1.82) is 0 Å². The first-order valence-corrected chi connectivity index (χ1v) is 9.62. The van der Waals surface area contributed by atoms with Gasteiger partial charge in [0, 0.05) is 25.4 Å². The van der Waals surface area contributed by atoms with E-state index in [1.165, 1.54) is 0 Å². The van der Waals surface area contributed by atoms with Gasteiger partial charge < -0.3 is 9.73 Å². The molecule has 0 spiro atoms. The van der Waals surface area contributed by atoms with Crippen LogP contribution < -0.4 is 10.0 Å². The molecule has 24 heavy (non-hydrogen) atoms. The third-order valence-corrected chi connectivity index (χ3v) is 4.24. The van der Waals surface area contributed by atoms with Crippen LogP contribution in [0.1, 0.15) is 23.7 Å². The Balaban J connectivity index is 1.90. The average Bonchev–Trinajstić information content (AvgIpc) is 3.05. The summed E-state index contributed by atoms with van der Waals surface area (Å²) in [7, 11) is -3.24. The van der Waals surface area contributed by atoms with Crippen LogP contribution in [0.25, 0.3) is 0 Å². The van der Waals surface area contributed by atoms with Crippen molar-refractivity contribution < 1.29 is 17.6 Å². The van der Waals surface area contributed by atoms with Crippen LogP contribution in [0.2, 0.25) is 0 Å². The van der Waals surface area contributed by atoms with Crippen molar-refractivity contribution in [1.82, 2.24) is 10.0 Å². The Morgan fingerprint density at radius 3 is 2.50 bits per heavy atom. The molecule has 1 atom stereocenters. The fourth-order valence-electron chi connectivity index (χ4n) is 2.43. The van der Waals surface area contributed by atoms with Gasteiger partial charge in [0.2, 0.25) is 15.9 Å². The zero-order chi connectivity index (χ0) is 17.4. The Morgan fingerprint density at radius 2 is 1.88 bits per heavy atom. The van der Waals surface area contributed by atoms with Gasteiger partial charge in [-0.1, -0.05) is 30.3 Å². The molecule has 2 rings (SSSR count). The highest BCUT2D eigenvalue weighted by molar-refractivity contribution is 7.88. The molecule has 0 saturated heterocycles. The van der Waals surface area contributed by atoms with Crippen LogP contribution in [0.15, 0.2) is 53.1 Å². The van der Waals surface area contributed by atoms with Crippen molar-refractivity contribution in [2.45, 2.75) is 18.8 Å². The number of amides is 1. The first kappa shape index (κ1) is 18.2. The summed E-state index contributed by atoms with van der Waals surface area (Å²) >= 11 is 0. The van der Waals surface area contributed by atoms with E-state index in [9.17, 15) is 13.2 Å². The van der Waals surface area contributed by atoms with Crippen molar-refractivity contribution in [2.75, 3.05) is 19.3 Å². The lowest BCUT2D eigenvalue weighted by Gasteiger charge is -2.15. The van der Waals surface area contributed by atoms with Gasteiger partial charge in [0.1, 0.15) is 5.76 Å². The smallest absolute Gasteiger partial charge is 0.220 e. The van der Waals surface area contributed by atoms with Gasteiger partial charge >= 0.3 is 0 Å². The third kappa shape index (κ3) is 6.55. The third-order valence-electron chi connectivity index (χ3n) is 3.51. The fraction of sp³-hybridized carbons (Fsp3) is 0.353. The lowest BCUT2D eigenvalue weighted by atomic mass is 9.93. The number of hydrogen-bond acceptors (Lipinski definition) is 4. The fourth-order valence-corrected chi connectivity index (χ4v) is 2.90. The van der Waals surface area contributed by atoms with Gasteiger partial charge in [-0.15, -0.1) is 0 Å². The largest absolute Gasteiger partial charge is 0.469 e. The predicted octanol–water partition coefficient (Wildman–Crippen LogP) is 1.66. The highest BCUT2D eigenvalue weighted by Crippen LogP contribution is 2.24. The Labute approximate surface area is 142 Å². The molecule has 0 fully saturated rings. The second-order valence-corrected chi connectivity index (χ2v) is 7.46. The molecule has 0 saturated carbocycles. The summed E-state index contributed by atoms with van der Waals surface area (Å²) in [5, 5.41) is 2.73. The van der Waals surface area contributed by atoms with E-state index in [-0.39, 0.29) is 31.3 Å². The van der Waals surface area contributed by atoms with E-state index in [4.69, 9.17) is 4.42 Å². The van der Waals surface area contributed by atoms with Gasteiger partial charge in [-0.25, -0.2) is 13.1 Å². The second-order valence-electron chi connectivity index (χ2n) is 5.62. The Bertz CT molecular complexity index is 727. The van der Waals surface area contributed by atoms with E-state index < -0.39 is 10.0 Å². The SMILES string of the molecule is CS(=O)(=O)NCCNC(=O)CC(Cc1ccccc1)c1ccco1. The van der Waals surface area contributed by atoms with Crippen LogP contribution in [0.5, 0.6) is 0 Å². The van der Waals surface area contributed by atoms with Crippen LogP contribution in [-0.2, 0) is 21.2 Å². The molecule has 1 heterocycles. The molecule has 1 aromatic carbocycles. The van der Waals surface area contributed by atoms with E-state index >= 15 is 0 Å². The van der Waals surface area contributed by atoms with Crippen LogP contribution in [0.3, 0.4) is 0 Å². The number of furan rings is 1. The van der Waals surface area contributed by atoms with Crippen molar-refractivity contribution in [3.8, 4) is 0 Å². The summed E-state index contributed by atoms with van der Waals surface area (Å²) in [6, 6.07) is 13.6. The maximum Gasteiger partial charge on any atom is 0.220 e. The number of carbonyl (C=O) groups is 1. The van der Waals surface area contributed by atoms with E-state index in [0.717, 1.165) is 17.6 Å². The van der Waals surface area contributed by atoms with Crippen molar-refractivity contribution in [3.63, 3.8) is 0 Å².